The van der Waals surface area contributed by atoms with E-state index in [0.717, 1.165) is 24.5 Å². The summed E-state index contributed by atoms with van der Waals surface area (Å²) in [6.45, 7) is 7.14. The Morgan fingerprint density at radius 1 is 1.52 bits per heavy atom. The van der Waals surface area contributed by atoms with E-state index in [9.17, 15) is 4.79 Å². The average molecular weight is 288 g/mol. The largest absolute Gasteiger partial charge is 0.459 e. The van der Waals surface area contributed by atoms with E-state index in [2.05, 4.69) is 21.8 Å². The molecule has 1 amide bonds. The van der Waals surface area contributed by atoms with E-state index in [0.29, 0.717) is 18.8 Å². The summed E-state index contributed by atoms with van der Waals surface area (Å²) in [6.07, 6.45) is 5.14. The van der Waals surface area contributed by atoms with Crippen LogP contribution in [0.2, 0.25) is 0 Å². The Hall–Kier alpha value is -2.08. The third kappa shape index (κ3) is 2.58. The summed E-state index contributed by atoms with van der Waals surface area (Å²) in [5.74, 6) is 1.31. The summed E-state index contributed by atoms with van der Waals surface area (Å²) in [7, 11) is 0. The number of carbonyl (C=O) groups excluding carboxylic acids is 1. The molecule has 1 aliphatic rings. The molecule has 1 saturated heterocycles. The number of aromatic amines is 1. The van der Waals surface area contributed by atoms with Crippen molar-refractivity contribution in [1.82, 2.24) is 19.8 Å². The predicted molar refractivity (Wildman–Crippen MR) is 77.9 cm³/mol. The summed E-state index contributed by atoms with van der Waals surface area (Å²) in [5, 5.41) is 0. The van der Waals surface area contributed by atoms with Crippen LogP contribution in [0.3, 0.4) is 0 Å². The van der Waals surface area contributed by atoms with Gasteiger partial charge in [-0.25, -0.2) is 4.98 Å². The Morgan fingerprint density at radius 3 is 3.00 bits per heavy atom. The van der Waals surface area contributed by atoms with E-state index in [-0.39, 0.29) is 11.9 Å². The number of aryl methyl sites for hydroxylation is 1. The molecule has 0 spiro atoms. The van der Waals surface area contributed by atoms with Crippen LogP contribution in [0.5, 0.6) is 0 Å². The molecule has 0 aliphatic carbocycles. The Bertz CT molecular complexity index is 605. The highest BCUT2D eigenvalue weighted by Gasteiger charge is 2.32. The molecule has 0 unspecified atom stereocenters. The van der Waals surface area contributed by atoms with Gasteiger partial charge in [-0.15, -0.1) is 0 Å². The minimum atomic E-state index is -0.0372. The average Bonchev–Trinajstić information content (AvgIpc) is 3.17. The number of H-pyrrole nitrogens is 1. The minimum absolute atomic E-state index is 0.0372. The lowest BCUT2D eigenvalue weighted by atomic mass is 10.1. The Labute approximate surface area is 123 Å². The summed E-state index contributed by atoms with van der Waals surface area (Å²) in [4.78, 5) is 24.3. The molecule has 3 heterocycles. The van der Waals surface area contributed by atoms with Gasteiger partial charge in [-0.3, -0.25) is 9.69 Å². The van der Waals surface area contributed by atoms with Gasteiger partial charge in [0.25, 0.3) is 5.91 Å². The van der Waals surface area contributed by atoms with E-state index >= 15 is 0 Å². The molecule has 0 radical (unpaired) electrons. The second kappa shape index (κ2) is 5.73. The monoisotopic (exact) mass is 288 g/mol. The van der Waals surface area contributed by atoms with Crippen molar-refractivity contribution in [3.63, 3.8) is 0 Å². The van der Waals surface area contributed by atoms with Gasteiger partial charge in [-0.05, 0) is 19.5 Å². The first-order valence-electron chi connectivity index (χ1n) is 7.27. The Morgan fingerprint density at radius 2 is 2.38 bits per heavy atom. The van der Waals surface area contributed by atoms with Crippen molar-refractivity contribution in [3.05, 3.63) is 41.9 Å². The number of nitrogens with one attached hydrogen (secondary N) is 1. The van der Waals surface area contributed by atoms with E-state index in [4.69, 9.17) is 4.42 Å². The highest BCUT2D eigenvalue weighted by atomic mass is 16.3. The maximum atomic E-state index is 12.6. The molecule has 1 fully saturated rings. The third-order valence-corrected chi connectivity index (χ3v) is 4.08. The Balaban J connectivity index is 1.80. The van der Waals surface area contributed by atoms with Crippen LogP contribution in [0.1, 0.15) is 34.9 Å². The fourth-order valence-corrected chi connectivity index (χ4v) is 2.84. The number of carbonyl (C=O) groups is 1. The van der Waals surface area contributed by atoms with Gasteiger partial charge >= 0.3 is 0 Å². The first kappa shape index (κ1) is 13.9. The molecule has 2 aromatic heterocycles. The number of piperazine rings is 1. The van der Waals surface area contributed by atoms with Crippen LogP contribution < -0.4 is 0 Å². The van der Waals surface area contributed by atoms with Gasteiger partial charge in [0.15, 0.2) is 5.76 Å². The quantitative estimate of drug-likeness (QED) is 0.936. The van der Waals surface area contributed by atoms with Crippen LogP contribution in [-0.4, -0.2) is 51.9 Å². The molecule has 3 rings (SSSR count). The number of nitrogens with zero attached hydrogens (tertiary/aromatic N) is 3. The van der Waals surface area contributed by atoms with Crippen LogP contribution in [0.15, 0.2) is 29.1 Å². The number of hydrogen-bond donors (Lipinski definition) is 1. The van der Waals surface area contributed by atoms with E-state index in [1.54, 1.807) is 12.5 Å². The molecule has 2 aromatic rings. The standard InChI is InChI=1S/C15H20N4O2/c1-3-18-7-8-19(10-12(18)14-16-5-6-17-14)15(20)13-11(2)4-9-21-13/h4-6,9,12H,3,7-8,10H2,1-2H3,(H,16,17)/t12-/m0/s1. The number of imidazole rings is 1. The smallest absolute Gasteiger partial charge is 0.289 e. The van der Waals surface area contributed by atoms with Crippen molar-refractivity contribution in [2.24, 2.45) is 0 Å². The lowest BCUT2D eigenvalue weighted by Gasteiger charge is -2.39. The maximum Gasteiger partial charge on any atom is 0.289 e. The van der Waals surface area contributed by atoms with Crippen molar-refractivity contribution in [3.8, 4) is 0 Å². The lowest BCUT2D eigenvalue weighted by molar-refractivity contribution is 0.0452. The lowest BCUT2D eigenvalue weighted by Crippen LogP contribution is -2.50. The minimum Gasteiger partial charge on any atom is -0.459 e. The van der Waals surface area contributed by atoms with Gasteiger partial charge in [0.05, 0.1) is 12.3 Å². The van der Waals surface area contributed by atoms with E-state index in [1.807, 2.05) is 24.1 Å². The third-order valence-electron chi connectivity index (χ3n) is 4.08. The van der Waals surface area contributed by atoms with Gasteiger partial charge in [0.2, 0.25) is 0 Å². The highest BCUT2D eigenvalue weighted by molar-refractivity contribution is 5.92. The highest BCUT2D eigenvalue weighted by Crippen LogP contribution is 2.24. The molecule has 1 atom stereocenters. The molecule has 0 aromatic carbocycles. The van der Waals surface area contributed by atoms with Gasteiger partial charge in [0.1, 0.15) is 5.82 Å². The van der Waals surface area contributed by atoms with Crippen molar-refractivity contribution >= 4 is 5.91 Å². The number of amides is 1. The number of hydrogen-bond acceptors (Lipinski definition) is 4. The van der Waals surface area contributed by atoms with Crippen LogP contribution in [0.25, 0.3) is 0 Å². The molecule has 6 nitrogen and oxygen atoms in total. The normalized spacial score (nSPS) is 19.9. The van der Waals surface area contributed by atoms with Crippen molar-refractivity contribution in [2.75, 3.05) is 26.2 Å². The van der Waals surface area contributed by atoms with Crippen molar-refractivity contribution in [2.45, 2.75) is 19.9 Å². The van der Waals surface area contributed by atoms with Gasteiger partial charge in [-0.2, -0.15) is 0 Å². The van der Waals surface area contributed by atoms with Gasteiger partial charge in [-0.1, -0.05) is 6.92 Å². The number of aromatic nitrogens is 2. The molecule has 6 heteroatoms. The van der Waals surface area contributed by atoms with Crippen LogP contribution in [0.4, 0.5) is 0 Å². The zero-order chi connectivity index (χ0) is 14.8. The van der Waals surface area contributed by atoms with E-state index in [1.165, 1.54) is 0 Å². The molecule has 1 N–H and O–H groups in total. The molecule has 1 aliphatic heterocycles. The summed E-state index contributed by atoms with van der Waals surface area (Å²) < 4.78 is 5.33. The fourth-order valence-electron chi connectivity index (χ4n) is 2.84. The number of rotatable bonds is 3. The van der Waals surface area contributed by atoms with Crippen LogP contribution in [-0.2, 0) is 0 Å². The number of likely N-dealkylation sites (N-methyl/N-ethyl adjacent to an activating group) is 1. The zero-order valence-electron chi connectivity index (χ0n) is 12.4. The predicted octanol–water partition coefficient (Wildman–Crippen LogP) is 1.83. The van der Waals surface area contributed by atoms with Crippen LogP contribution in [0, 0.1) is 6.92 Å². The van der Waals surface area contributed by atoms with Crippen molar-refractivity contribution in [1.29, 1.82) is 0 Å². The topological polar surface area (TPSA) is 65.4 Å². The SMILES string of the molecule is CCN1CCN(C(=O)c2occc2C)C[C@H]1c1ncc[nH]1. The molecule has 112 valence electrons. The maximum absolute atomic E-state index is 12.6. The van der Waals surface area contributed by atoms with E-state index < -0.39 is 0 Å². The number of furan rings is 1. The summed E-state index contributed by atoms with van der Waals surface area (Å²) >= 11 is 0. The van der Waals surface area contributed by atoms with Gasteiger partial charge in [0, 0.05) is 37.6 Å². The van der Waals surface area contributed by atoms with Gasteiger partial charge < -0.3 is 14.3 Å². The molecular weight excluding hydrogens is 268 g/mol. The molecular formula is C15H20N4O2. The zero-order valence-corrected chi connectivity index (χ0v) is 12.4. The van der Waals surface area contributed by atoms with Crippen LogP contribution >= 0.6 is 0 Å². The second-order valence-corrected chi connectivity index (χ2v) is 5.30. The first-order chi connectivity index (χ1) is 10.2. The first-order valence-corrected chi connectivity index (χ1v) is 7.27. The second-order valence-electron chi connectivity index (χ2n) is 5.30. The molecule has 0 saturated carbocycles. The molecule has 21 heavy (non-hydrogen) atoms. The fraction of sp³-hybridized carbons (Fsp3) is 0.467. The molecule has 0 bridgehead atoms. The van der Waals surface area contributed by atoms with Crippen molar-refractivity contribution < 1.29 is 9.21 Å². The summed E-state index contributed by atoms with van der Waals surface area (Å²) in [6, 6.07) is 1.93. The summed E-state index contributed by atoms with van der Waals surface area (Å²) in [5.41, 5.74) is 0.882. The Kier molecular flexibility index (Phi) is 3.79.